The summed E-state index contributed by atoms with van der Waals surface area (Å²) in [6.45, 7) is 9.21. The largest absolute Gasteiger partial charge is 0.339 e. The number of rotatable bonds is 7. The fourth-order valence-corrected chi connectivity index (χ4v) is 4.53. The molecule has 1 rings (SSSR count). The highest BCUT2D eigenvalue weighted by molar-refractivity contribution is 7.92. The number of hydrogen-bond acceptors (Lipinski definition) is 3. The smallest absolute Gasteiger partial charge is 0.238 e. The minimum atomic E-state index is -3.27. The van der Waals surface area contributed by atoms with E-state index in [-0.39, 0.29) is 23.5 Å². The van der Waals surface area contributed by atoms with Crippen molar-refractivity contribution in [2.45, 2.75) is 72.3 Å². The Labute approximate surface area is 136 Å². The molecule has 1 amide bonds. The Kier molecular flexibility index (Phi) is 7.87. The average Bonchev–Trinajstić information content (AvgIpc) is 2.60. The summed E-state index contributed by atoms with van der Waals surface area (Å²) in [5.41, 5.74) is 0. The third kappa shape index (κ3) is 6.27. The van der Waals surface area contributed by atoms with Crippen molar-refractivity contribution in [2.75, 3.05) is 18.1 Å². The third-order valence-electron chi connectivity index (χ3n) is 4.71. The summed E-state index contributed by atoms with van der Waals surface area (Å²) in [5, 5.41) is 0. The Balaban J connectivity index is 2.71. The van der Waals surface area contributed by atoms with Gasteiger partial charge in [0.05, 0.1) is 5.75 Å². The van der Waals surface area contributed by atoms with Crippen molar-refractivity contribution in [3.05, 3.63) is 0 Å². The van der Waals surface area contributed by atoms with Gasteiger partial charge in [-0.2, -0.15) is 0 Å². The van der Waals surface area contributed by atoms with Gasteiger partial charge in [-0.1, -0.05) is 40.5 Å². The van der Waals surface area contributed by atoms with Gasteiger partial charge in [-0.3, -0.25) is 4.79 Å². The quantitative estimate of drug-likeness (QED) is 0.673. The molecule has 1 aliphatic heterocycles. The third-order valence-corrected chi connectivity index (χ3v) is 6.31. The lowest BCUT2D eigenvalue weighted by Crippen LogP contribution is -2.45. The molecule has 130 valence electrons. The summed E-state index contributed by atoms with van der Waals surface area (Å²) in [7, 11) is -3.27. The first-order chi connectivity index (χ1) is 10.3. The van der Waals surface area contributed by atoms with Crippen molar-refractivity contribution < 1.29 is 13.2 Å². The van der Waals surface area contributed by atoms with E-state index in [0.29, 0.717) is 24.8 Å². The first-order valence-electron chi connectivity index (χ1n) is 8.76. The zero-order valence-corrected chi connectivity index (χ0v) is 15.5. The van der Waals surface area contributed by atoms with Crippen LogP contribution in [0.5, 0.6) is 0 Å². The lowest BCUT2D eigenvalue weighted by Gasteiger charge is -2.33. The highest BCUT2D eigenvalue weighted by atomic mass is 32.2. The molecular formula is C17H33NO3S. The van der Waals surface area contributed by atoms with E-state index in [4.69, 9.17) is 0 Å². The molecule has 2 unspecified atom stereocenters. The molecule has 1 heterocycles. The van der Waals surface area contributed by atoms with Gasteiger partial charge in [-0.15, -0.1) is 0 Å². The molecule has 0 spiro atoms. The van der Waals surface area contributed by atoms with Crippen LogP contribution in [0.1, 0.15) is 66.2 Å². The molecule has 0 N–H and O–H groups in total. The second kappa shape index (κ2) is 8.90. The minimum Gasteiger partial charge on any atom is -0.339 e. The lowest BCUT2D eigenvalue weighted by atomic mass is 9.95. The highest BCUT2D eigenvalue weighted by Crippen LogP contribution is 2.26. The van der Waals surface area contributed by atoms with Gasteiger partial charge >= 0.3 is 0 Å². The SMILES string of the molecule is CCCCCS(=O)(=O)CC(=O)N1CCC(C)CCC1C(C)C. The Morgan fingerprint density at radius 2 is 1.86 bits per heavy atom. The Morgan fingerprint density at radius 3 is 2.45 bits per heavy atom. The van der Waals surface area contributed by atoms with Gasteiger partial charge in [0, 0.05) is 12.6 Å². The second-order valence-electron chi connectivity index (χ2n) is 7.17. The van der Waals surface area contributed by atoms with E-state index < -0.39 is 9.84 Å². The van der Waals surface area contributed by atoms with Gasteiger partial charge in [0.1, 0.15) is 5.75 Å². The molecule has 1 aliphatic rings. The topological polar surface area (TPSA) is 54.5 Å². The number of carbonyl (C=O) groups excluding carboxylic acids is 1. The van der Waals surface area contributed by atoms with Crippen LogP contribution in [0.4, 0.5) is 0 Å². The standard InChI is InChI=1S/C17H33NO3S/c1-5-6-7-12-22(20,21)13-17(19)18-11-10-15(4)8-9-16(18)14(2)3/h14-16H,5-13H2,1-4H3. The fraction of sp³-hybridized carbons (Fsp3) is 0.941. The first kappa shape index (κ1) is 19.5. The molecule has 5 heteroatoms. The molecule has 0 radical (unpaired) electrons. The maximum atomic E-state index is 12.6. The fourth-order valence-electron chi connectivity index (χ4n) is 3.20. The van der Waals surface area contributed by atoms with Crippen molar-refractivity contribution in [3.8, 4) is 0 Å². The monoisotopic (exact) mass is 331 g/mol. The number of nitrogens with zero attached hydrogens (tertiary/aromatic N) is 1. The molecule has 1 fully saturated rings. The zero-order valence-electron chi connectivity index (χ0n) is 14.7. The van der Waals surface area contributed by atoms with Crippen LogP contribution in [0.2, 0.25) is 0 Å². The first-order valence-corrected chi connectivity index (χ1v) is 10.6. The number of amides is 1. The minimum absolute atomic E-state index is 0.142. The highest BCUT2D eigenvalue weighted by Gasteiger charge is 2.31. The molecule has 4 nitrogen and oxygen atoms in total. The van der Waals surface area contributed by atoms with Crippen LogP contribution >= 0.6 is 0 Å². The summed E-state index contributed by atoms with van der Waals surface area (Å²) < 4.78 is 24.3. The Hall–Kier alpha value is -0.580. The number of likely N-dealkylation sites (tertiary alicyclic amines) is 1. The van der Waals surface area contributed by atoms with Gasteiger partial charge in [-0.25, -0.2) is 8.42 Å². The molecule has 22 heavy (non-hydrogen) atoms. The van der Waals surface area contributed by atoms with E-state index in [2.05, 4.69) is 20.8 Å². The molecule has 2 atom stereocenters. The summed E-state index contributed by atoms with van der Waals surface area (Å²) in [5.74, 6) is 0.624. The van der Waals surface area contributed by atoms with Gasteiger partial charge in [0.15, 0.2) is 9.84 Å². The van der Waals surface area contributed by atoms with Gasteiger partial charge in [0.2, 0.25) is 5.91 Å². The van der Waals surface area contributed by atoms with Gasteiger partial charge in [0.25, 0.3) is 0 Å². The molecular weight excluding hydrogens is 298 g/mol. The number of sulfone groups is 1. The molecule has 0 saturated carbocycles. The normalized spacial score (nSPS) is 23.6. The second-order valence-corrected chi connectivity index (χ2v) is 9.35. The van der Waals surface area contributed by atoms with Crippen molar-refractivity contribution in [3.63, 3.8) is 0 Å². The molecule has 0 aliphatic carbocycles. The van der Waals surface area contributed by atoms with E-state index in [1.807, 2.05) is 11.8 Å². The van der Waals surface area contributed by atoms with Gasteiger partial charge in [-0.05, 0) is 37.5 Å². The predicted molar refractivity (Wildman–Crippen MR) is 91.5 cm³/mol. The van der Waals surface area contributed by atoms with E-state index >= 15 is 0 Å². The molecule has 1 saturated heterocycles. The van der Waals surface area contributed by atoms with E-state index in [9.17, 15) is 13.2 Å². The average molecular weight is 332 g/mol. The van der Waals surface area contributed by atoms with E-state index in [1.165, 1.54) is 0 Å². The van der Waals surface area contributed by atoms with Crippen LogP contribution in [0, 0.1) is 11.8 Å². The van der Waals surface area contributed by atoms with Crippen molar-refractivity contribution in [1.29, 1.82) is 0 Å². The Bertz CT molecular complexity index is 445. The summed E-state index contributed by atoms with van der Waals surface area (Å²) in [6, 6.07) is 0.184. The Morgan fingerprint density at radius 1 is 1.18 bits per heavy atom. The number of hydrogen-bond donors (Lipinski definition) is 0. The van der Waals surface area contributed by atoms with E-state index in [1.54, 1.807) is 0 Å². The van der Waals surface area contributed by atoms with Gasteiger partial charge < -0.3 is 4.90 Å². The molecule has 0 aromatic rings. The molecule has 0 aromatic carbocycles. The van der Waals surface area contributed by atoms with Crippen molar-refractivity contribution in [2.24, 2.45) is 11.8 Å². The van der Waals surface area contributed by atoms with Crippen LogP contribution in [-0.2, 0) is 14.6 Å². The number of carbonyl (C=O) groups is 1. The van der Waals surface area contributed by atoms with Crippen molar-refractivity contribution >= 4 is 15.7 Å². The van der Waals surface area contributed by atoms with Crippen LogP contribution < -0.4 is 0 Å². The van der Waals surface area contributed by atoms with Crippen LogP contribution in [0.25, 0.3) is 0 Å². The lowest BCUT2D eigenvalue weighted by molar-refractivity contribution is -0.131. The van der Waals surface area contributed by atoms with Crippen LogP contribution in [0.15, 0.2) is 0 Å². The predicted octanol–water partition coefficient (Wildman–Crippen LogP) is 3.26. The summed E-state index contributed by atoms with van der Waals surface area (Å²) in [6.07, 6.45) is 5.64. The van der Waals surface area contributed by atoms with E-state index in [0.717, 1.165) is 32.1 Å². The number of unbranched alkanes of at least 4 members (excludes halogenated alkanes) is 2. The molecule has 0 aromatic heterocycles. The summed E-state index contributed by atoms with van der Waals surface area (Å²) in [4.78, 5) is 14.4. The summed E-state index contributed by atoms with van der Waals surface area (Å²) >= 11 is 0. The molecule has 0 bridgehead atoms. The van der Waals surface area contributed by atoms with Crippen molar-refractivity contribution in [1.82, 2.24) is 4.90 Å². The maximum absolute atomic E-state index is 12.6. The van der Waals surface area contributed by atoms with Crippen LogP contribution in [0.3, 0.4) is 0 Å². The maximum Gasteiger partial charge on any atom is 0.238 e. The zero-order chi connectivity index (χ0) is 16.8. The van der Waals surface area contributed by atoms with Crippen LogP contribution in [-0.4, -0.2) is 43.3 Å².